The summed E-state index contributed by atoms with van der Waals surface area (Å²) in [5.74, 6) is -2.79. The van der Waals surface area contributed by atoms with Gasteiger partial charge in [-0.2, -0.15) is 13.1 Å². The van der Waals surface area contributed by atoms with Crippen molar-refractivity contribution in [2.45, 2.75) is 130 Å². The number of hydrogen-bond donors (Lipinski definition) is 4. The minimum absolute atomic E-state index is 0.0121. The Labute approximate surface area is 376 Å². The van der Waals surface area contributed by atoms with Crippen LogP contribution in [-0.2, 0) is 57.3 Å². The van der Waals surface area contributed by atoms with Gasteiger partial charge in [-0.1, -0.05) is 17.3 Å². The van der Waals surface area contributed by atoms with Gasteiger partial charge in [-0.05, 0) is 107 Å². The maximum atomic E-state index is 13.9. The normalized spacial score (nSPS) is 16.5. The molecule has 2 aromatic heterocycles. The number of aryl methyl sites for hydroxylation is 2. The van der Waals surface area contributed by atoms with E-state index in [0.717, 1.165) is 22.5 Å². The zero-order chi connectivity index (χ0) is 48.2. The number of anilines is 1. The maximum Gasteiger partial charge on any atom is 0.413 e. The van der Waals surface area contributed by atoms with Gasteiger partial charge in [0.1, 0.15) is 40.9 Å². The Kier molecular flexibility index (Phi) is 15.2. The fourth-order valence-electron chi connectivity index (χ4n) is 5.94. The lowest BCUT2D eigenvalue weighted by molar-refractivity contribution is -0.753. The van der Waals surface area contributed by atoms with Crippen LogP contribution in [0.5, 0.6) is 5.75 Å². The second kappa shape index (κ2) is 19.1. The highest BCUT2D eigenvalue weighted by atomic mass is 32.2. The topological polar surface area (TPSA) is 259 Å². The molecule has 0 spiro atoms. The van der Waals surface area contributed by atoms with Crippen LogP contribution in [0.15, 0.2) is 47.2 Å². The summed E-state index contributed by atoms with van der Waals surface area (Å²) in [6, 6.07) is 5.57. The lowest BCUT2D eigenvalue weighted by atomic mass is 9.85. The van der Waals surface area contributed by atoms with E-state index in [1.807, 2.05) is 40.9 Å². The Morgan fingerprint density at radius 1 is 0.922 bits per heavy atom. The number of thiazole rings is 1. The average molecular weight is 936 g/mol. The van der Waals surface area contributed by atoms with E-state index in [4.69, 9.17) is 23.8 Å². The van der Waals surface area contributed by atoms with Crippen LogP contribution in [0, 0.1) is 0 Å². The summed E-state index contributed by atoms with van der Waals surface area (Å²) in [5, 5.41) is 13.0. The van der Waals surface area contributed by atoms with Gasteiger partial charge < -0.3 is 34.4 Å². The average Bonchev–Trinajstić information content (AvgIpc) is 3.74. The Morgan fingerprint density at radius 3 is 2.08 bits per heavy atom. The van der Waals surface area contributed by atoms with Gasteiger partial charge in [0.2, 0.25) is 6.20 Å². The van der Waals surface area contributed by atoms with Gasteiger partial charge in [-0.3, -0.25) is 19.5 Å². The van der Waals surface area contributed by atoms with Crippen LogP contribution in [0.2, 0.25) is 0 Å². The highest BCUT2D eigenvalue weighted by Gasteiger charge is 2.60. The van der Waals surface area contributed by atoms with E-state index in [0.29, 0.717) is 25.3 Å². The number of hydrogen-bond acceptors (Lipinski definition) is 15. The molecule has 1 fully saturated rings. The van der Waals surface area contributed by atoms with Gasteiger partial charge in [0.25, 0.3) is 17.4 Å². The molecular formula is C41H59N8O13S2+. The minimum atomic E-state index is -4.96. The molecule has 1 unspecified atom stereocenters. The number of benzene rings is 1. The molecule has 4 N–H and O–H groups in total. The standard InChI is InChI=1S/C41H58N8O13S2/c1-37(2,3)59-33(52)41(12,24-58-27-17-15-25(16-18-27)26-21-47(13)48(22-26)20-14-19-42-35(53)60-38(4,5)6)62-46-29(28-23-63-34(43-28)45-36(54)61-39(7,8)9)31(50)44-30-32(51)49(40(30,10)11)64(55,56)57/h15-18,21-23,30H,14,19-20,24H2,1-13H3,(H3-,42,43,44,45,50,53,54,55,56,57)/p+1/b46-29-/t30-,41?/m1/s1. The molecule has 2 atom stereocenters. The molecule has 4 rings (SSSR count). The minimum Gasteiger partial charge on any atom is -0.489 e. The van der Waals surface area contributed by atoms with Crippen molar-refractivity contribution in [3.05, 3.63) is 47.7 Å². The number of amides is 4. The van der Waals surface area contributed by atoms with Crippen molar-refractivity contribution in [3.8, 4) is 16.9 Å². The SMILES string of the molecule is C[n+]1cc(-c2ccc(OCC(C)(O/N=C(\C(=O)N[C@@H]3C(=O)N(S(=O)(=O)O)C3(C)C)c3csc(NC(=O)OC(C)(C)C)n3)C(=O)OC(C)(C)C)cc2)cn1CCCNC(=O)OC(C)(C)C. The maximum absolute atomic E-state index is 13.9. The molecule has 1 aliphatic rings. The third-order valence-corrected chi connectivity index (χ3v) is 10.7. The monoisotopic (exact) mass is 935 g/mol. The number of carbonyl (C=O) groups excluding carboxylic acids is 5. The van der Waals surface area contributed by atoms with Crippen molar-refractivity contribution in [2.24, 2.45) is 12.2 Å². The van der Waals surface area contributed by atoms with Crippen molar-refractivity contribution in [3.63, 3.8) is 0 Å². The Morgan fingerprint density at radius 2 is 1.52 bits per heavy atom. The summed E-state index contributed by atoms with van der Waals surface area (Å²) in [6.45, 7) is 19.8. The quantitative estimate of drug-likeness (QED) is 0.0225. The molecule has 0 bridgehead atoms. The number of ether oxygens (including phenoxy) is 4. The molecule has 0 saturated carbocycles. The van der Waals surface area contributed by atoms with Gasteiger partial charge in [0.15, 0.2) is 17.9 Å². The van der Waals surface area contributed by atoms with Crippen LogP contribution in [0.1, 0.15) is 95.2 Å². The number of aromatic nitrogens is 3. The van der Waals surface area contributed by atoms with E-state index >= 15 is 0 Å². The summed E-state index contributed by atoms with van der Waals surface area (Å²) >= 11 is 0.891. The van der Waals surface area contributed by atoms with Crippen LogP contribution >= 0.6 is 11.3 Å². The van der Waals surface area contributed by atoms with Crippen molar-refractivity contribution >= 4 is 62.5 Å². The van der Waals surface area contributed by atoms with Crippen molar-refractivity contribution in [2.75, 3.05) is 18.5 Å². The lowest BCUT2D eigenvalue weighted by Gasteiger charge is -2.50. The summed E-state index contributed by atoms with van der Waals surface area (Å²) in [6.07, 6.45) is 3.26. The van der Waals surface area contributed by atoms with Crippen LogP contribution in [0.4, 0.5) is 14.7 Å². The van der Waals surface area contributed by atoms with E-state index < -0.39 is 86.6 Å². The molecule has 4 amide bonds. The zero-order valence-electron chi connectivity index (χ0n) is 38.3. The summed E-state index contributed by atoms with van der Waals surface area (Å²) in [4.78, 5) is 75.2. The van der Waals surface area contributed by atoms with Crippen LogP contribution in [0.25, 0.3) is 11.1 Å². The second-order valence-electron chi connectivity index (χ2n) is 18.6. The zero-order valence-corrected chi connectivity index (χ0v) is 40.0. The van der Waals surface area contributed by atoms with Gasteiger partial charge in [-0.25, -0.2) is 23.7 Å². The van der Waals surface area contributed by atoms with Gasteiger partial charge in [0, 0.05) is 11.9 Å². The van der Waals surface area contributed by atoms with Crippen molar-refractivity contribution in [1.82, 2.24) is 24.6 Å². The van der Waals surface area contributed by atoms with Gasteiger partial charge in [-0.15, -0.1) is 16.0 Å². The number of nitrogens with one attached hydrogen (secondary N) is 3. The van der Waals surface area contributed by atoms with Crippen molar-refractivity contribution in [1.29, 1.82) is 0 Å². The molecule has 3 aromatic rings. The summed E-state index contributed by atoms with van der Waals surface area (Å²) < 4.78 is 59.8. The second-order valence-corrected chi connectivity index (χ2v) is 20.7. The number of oxime groups is 1. The number of esters is 1. The number of alkyl carbamates (subject to hydrolysis) is 1. The predicted octanol–water partition coefficient (Wildman–Crippen LogP) is 4.51. The van der Waals surface area contributed by atoms with Crippen LogP contribution in [-0.4, -0.2) is 110 Å². The van der Waals surface area contributed by atoms with E-state index in [-0.39, 0.29) is 15.1 Å². The van der Waals surface area contributed by atoms with E-state index in [1.54, 1.807) is 74.4 Å². The number of carbonyl (C=O) groups is 5. The summed E-state index contributed by atoms with van der Waals surface area (Å²) in [7, 11) is -3.06. The molecular weight excluding hydrogens is 877 g/mol. The molecule has 23 heteroatoms. The first-order chi connectivity index (χ1) is 29.3. The van der Waals surface area contributed by atoms with Gasteiger partial charge in [0.05, 0.1) is 23.8 Å². The van der Waals surface area contributed by atoms with Gasteiger partial charge >= 0.3 is 28.5 Å². The first kappa shape index (κ1) is 50.8. The van der Waals surface area contributed by atoms with E-state index in [2.05, 4.69) is 26.1 Å². The van der Waals surface area contributed by atoms with Crippen LogP contribution in [0.3, 0.4) is 0 Å². The fourth-order valence-corrected chi connectivity index (χ4v) is 7.65. The molecule has 3 heterocycles. The highest BCUT2D eigenvalue weighted by Crippen LogP contribution is 2.34. The lowest BCUT2D eigenvalue weighted by Crippen LogP contribution is -2.77. The number of β-lactam (4-membered cyclic amide) rings is 1. The first-order valence-corrected chi connectivity index (χ1v) is 22.4. The third-order valence-electron chi connectivity index (χ3n) is 8.88. The van der Waals surface area contributed by atoms with E-state index in [9.17, 15) is 36.9 Å². The molecule has 0 radical (unpaired) electrons. The summed E-state index contributed by atoms with van der Waals surface area (Å²) in [5.41, 5.74) is -5.05. The first-order valence-electron chi connectivity index (χ1n) is 20.1. The Hall–Kier alpha value is -5.81. The Bertz CT molecular complexity index is 2360. The van der Waals surface area contributed by atoms with Crippen molar-refractivity contribution < 1.29 is 65.4 Å². The number of rotatable bonds is 16. The molecule has 0 aliphatic carbocycles. The fraction of sp³-hybridized carbons (Fsp3) is 0.561. The van der Waals surface area contributed by atoms with Crippen LogP contribution < -0.4 is 25.4 Å². The largest absolute Gasteiger partial charge is 0.489 e. The predicted molar refractivity (Wildman–Crippen MR) is 234 cm³/mol. The van der Waals surface area contributed by atoms with E-state index in [1.165, 1.54) is 26.2 Å². The molecule has 1 saturated heterocycles. The molecule has 21 nitrogen and oxygen atoms in total. The number of nitrogens with zero attached hydrogens (tertiary/aromatic N) is 5. The molecule has 352 valence electrons. The molecule has 64 heavy (non-hydrogen) atoms. The highest BCUT2D eigenvalue weighted by molar-refractivity contribution is 7.84. The third kappa shape index (κ3) is 13.8. The molecule has 1 aromatic carbocycles. The Balaban J connectivity index is 1.57. The molecule has 1 aliphatic heterocycles. The smallest absolute Gasteiger partial charge is 0.413 e.